The summed E-state index contributed by atoms with van der Waals surface area (Å²) in [5.74, 6) is 2.43. The molecule has 186 valence electrons. The Morgan fingerprint density at radius 3 is 2.53 bits per heavy atom. The van der Waals surface area contributed by atoms with Crippen LogP contribution in [0.4, 0.5) is 5.69 Å². The minimum absolute atomic E-state index is 0.106. The second kappa shape index (κ2) is 10.6. The first kappa shape index (κ1) is 23.6. The predicted molar refractivity (Wildman–Crippen MR) is 131 cm³/mol. The molecule has 34 heavy (non-hydrogen) atoms. The highest BCUT2D eigenvalue weighted by atomic mass is 16.5. The van der Waals surface area contributed by atoms with Gasteiger partial charge < -0.3 is 19.7 Å². The van der Waals surface area contributed by atoms with Crippen LogP contribution in [0.15, 0.2) is 18.2 Å². The van der Waals surface area contributed by atoms with E-state index in [4.69, 9.17) is 9.47 Å². The number of anilines is 1. The van der Waals surface area contributed by atoms with Crippen molar-refractivity contribution in [2.45, 2.75) is 63.8 Å². The molecule has 0 aromatic heterocycles. The van der Waals surface area contributed by atoms with Gasteiger partial charge in [0.2, 0.25) is 11.8 Å². The number of rotatable bonds is 2. The lowest BCUT2D eigenvalue weighted by atomic mass is 9.80. The zero-order valence-corrected chi connectivity index (χ0v) is 20.5. The normalized spacial score (nSPS) is 27.8. The van der Waals surface area contributed by atoms with Gasteiger partial charge >= 0.3 is 0 Å². The summed E-state index contributed by atoms with van der Waals surface area (Å²) in [6.07, 6.45) is 6.78. The molecular formula is C27H39N3O4. The van der Waals surface area contributed by atoms with Gasteiger partial charge in [-0.3, -0.25) is 14.5 Å². The van der Waals surface area contributed by atoms with E-state index in [1.54, 1.807) is 6.92 Å². The minimum atomic E-state index is 0.106. The zero-order chi connectivity index (χ0) is 23.5. The molecule has 4 heterocycles. The summed E-state index contributed by atoms with van der Waals surface area (Å²) < 4.78 is 11.7. The number of likely N-dealkylation sites (tertiary alicyclic amines) is 2. The summed E-state index contributed by atoms with van der Waals surface area (Å²) in [6, 6.07) is 6.87. The fourth-order valence-corrected chi connectivity index (χ4v) is 6.40. The summed E-state index contributed by atoms with van der Waals surface area (Å²) in [5, 5.41) is 3.19. The van der Waals surface area contributed by atoms with Gasteiger partial charge in [0.05, 0.1) is 12.3 Å². The van der Waals surface area contributed by atoms with Crippen molar-refractivity contribution in [3.63, 3.8) is 0 Å². The Morgan fingerprint density at radius 2 is 1.76 bits per heavy atom. The van der Waals surface area contributed by atoms with Gasteiger partial charge in [0.15, 0.2) is 0 Å². The van der Waals surface area contributed by atoms with E-state index in [0.29, 0.717) is 36.8 Å². The fourth-order valence-electron chi connectivity index (χ4n) is 6.40. The molecule has 0 unspecified atom stereocenters. The quantitative estimate of drug-likeness (QED) is 0.716. The van der Waals surface area contributed by atoms with Gasteiger partial charge in [-0.2, -0.15) is 0 Å². The number of fused-ring (bicyclic) bond motifs is 2. The molecule has 1 N–H and O–H groups in total. The van der Waals surface area contributed by atoms with Crippen molar-refractivity contribution < 1.29 is 19.1 Å². The summed E-state index contributed by atoms with van der Waals surface area (Å²) in [4.78, 5) is 29.3. The van der Waals surface area contributed by atoms with Crippen molar-refractivity contribution in [1.82, 2.24) is 9.80 Å². The van der Waals surface area contributed by atoms with Crippen molar-refractivity contribution in [3.8, 4) is 5.75 Å². The molecule has 2 atom stereocenters. The van der Waals surface area contributed by atoms with Crippen LogP contribution >= 0.6 is 0 Å². The summed E-state index contributed by atoms with van der Waals surface area (Å²) in [5.41, 5.74) is 2.09. The second-order valence-corrected chi connectivity index (χ2v) is 10.6. The zero-order valence-electron chi connectivity index (χ0n) is 20.5. The van der Waals surface area contributed by atoms with Crippen LogP contribution in [-0.4, -0.2) is 73.7 Å². The van der Waals surface area contributed by atoms with Crippen molar-refractivity contribution >= 4 is 17.5 Å². The van der Waals surface area contributed by atoms with Crippen molar-refractivity contribution in [3.05, 3.63) is 23.8 Å². The number of nitrogens with one attached hydrogen (secondary N) is 1. The molecule has 1 aromatic carbocycles. The number of ether oxygens (including phenoxy) is 2. The Morgan fingerprint density at radius 1 is 0.971 bits per heavy atom. The smallest absolute Gasteiger partial charge is 0.224 e. The molecule has 5 rings (SSSR count). The van der Waals surface area contributed by atoms with Crippen LogP contribution in [0, 0.1) is 11.8 Å². The van der Waals surface area contributed by atoms with E-state index < -0.39 is 0 Å². The topological polar surface area (TPSA) is 71.1 Å². The monoisotopic (exact) mass is 469 g/mol. The number of benzene rings is 1. The van der Waals surface area contributed by atoms with Crippen molar-refractivity contribution in [2.24, 2.45) is 11.8 Å². The van der Waals surface area contributed by atoms with Crippen LogP contribution in [0.1, 0.15) is 63.4 Å². The van der Waals surface area contributed by atoms with Gasteiger partial charge in [-0.15, -0.1) is 0 Å². The standard InChI is InChI=1S/C27H39N3O4/c1-19(31)29-11-5-24(6-12-29)30-10-4-22-17-27(32)28-25-16-21(20-7-13-33-14-8-20)2-3-26(25)34-15-9-23(22)18-30/h2-3,16,20,22-24H,4-15,17-18H2,1H3,(H,28,32)/t22-,23-/m0/s1. The van der Waals surface area contributed by atoms with Crippen molar-refractivity contribution in [2.75, 3.05) is 51.3 Å². The molecule has 0 saturated carbocycles. The predicted octanol–water partition coefficient (Wildman–Crippen LogP) is 3.64. The lowest BCUT2D eigenvalue weighted by molar-refractivity contribution is -0.130. The van der Waals surface area contributed by atoms with E-state index in [1.165, 1.54) is 5.56 Å². The Labute approximate surface area is 203 Å². The Hall–Kier alpha value is -2.12. The van der Waals surface area contributed by atoms with Gasteiger partial charge in [-0.05, 0) is 80.5 Å². The maximum atomic E-state index is 13.1. The van der Waals surface area contributed by atoms with Gasteiger partial charge in [-0.1, -0.05) is 6.07 Å². The number of hydrogen-bond acceptors (Lipinski definition) is 5. The Kier molecular flexibility index (Phi) is 7.40. The number of nitrogens with zero attached hydrogens (tertiary/aromatic N) is 2. The summed E-state index contributed by atoms with van der Waals surface area (Å²) in [6.45, 7) is 7.76. The van der Waals surface area contributed by atoms with Gasteiger partial charge in [0, 0.05) is 52.2 Å². The number of piperidine rings is 2. The van der Waals surface area contributed by atoms with Gasteiger partial charge in [0.1, 0.15) is 5.75 Å². The maximum Gasteiger partial charge on any atom is 0.224 e. The van der Waals surface area contributed by atoms with E-state index in [0.717, 1.165) is 89.4 Å². The molecule has 4 aliphatic rings. The maximum absolute atomic E-state index is 13.1. The summed E-state index contributed by atoms with van der Waals surface area (Å²) in [7, 11) is 0. The van der Waals surface area contributed by atoms with E-state index >= 15 is 0 Å². The van der Waals surface area contributed by atoms with Crippen LogP contribution in [0.25, 0.3) is 0 Å². The molecular weight excluding hydrogens is 430 g/mol. The third-order valence-electron chi connectivity index (χ3n) is 8.51. The van der Waals surface area contributed by atoms with Crippen LogP contribution in [0.2, 0.25) is 0 Å². The molecule has 0 spiro atoms. The fraction of sp³-hybridized carbons (Fsp3) is 0.704. The van der Waals surface area contributed by atoms with E-state index in [1.807, 2.05) is 11.0 Å². The molecule has 1 aromatic rings. The molecule has 7 nitrogen and oxygen atoms in total. The first-order valence-corrected chi connectivity index (χ1v) is 13.2. The molecule has 0 radical (unpaired) electrons. The number of carbonyl (C=O) groups is 2. The molecule has 0 bridgehead atoms. The third kappa shape index (κ3) is 5.41. The van der Waals surface area contributed by atoms with Crippen molar-refractivity contribution in [1.29, 1.82) is 0 Å². The van der Waals surface area contributed by atoms with Crippen LogP contribution in [-0.2, 0) is 14.3 Å². The molecule has 3 fully saturated rings. The van der Waals surface area contributed by atoms with E-state index in [-0.39, 0.29) is 11.8 Å². The Bertz CT molecular complexity index is 877. The van der Waals surface area contributed by atoms with E-state index in [2.05, 4.69) is 22.3 Å². The van der Waals surface area contributed by atoms with Gasteiger partial charge in [-0.25, -0.2) is 0 Å². The lowest BCUT2D eigenvalue weighted by Crippen LogP contribution is -2.51. The number of hydrogen-bond donors (Lipinski definition) is 1. The minimum Gasteiger partial charge on any atom is -0.491 e. The SMILES string of the molecule is CC(=O)N1CCC(N2CC[C@H]3CC(=O)Nc4cc(C5CCOCC5)ccc4OCC[C@H]3C2)CC1. The van der Waals surface area contributed by atoms with E-state index in [9.17, 15) is 9.59 Å². The molecule has 4 aliphatic heterocycles. The average molecular weight is 470 g/mol. The Balaban J connectivity index is 1.23. The van der Waals surface area contributed by atoms with Crippen LogP contribution in [0.5, 0.6) is 5.75 Å². The second-order valence-electron chi connectivity index (χ2n) is 10.6. The molecule has 3 saturated heterocycles. The first-order valence-electron chi connectivity index (χ1n) is 13.2. The number of carbonyl (C=O) groups excluding carboxylic acids is 2. The van der Waals surface area contributed by atoms with Crippen LogP contribution < -0.4 is 10.1 Å². The molecule has 0 aliphatic carbocycles. The average Bonchev–Trinajstić information content (AvgIpc) is 2.86. The molecule has 2 amide bonds. The summed E-state index contributed by atoms with van der Waals surface area (Å²) >= 11 is 0. The highest BCUT2D eigenvalue weighted by Gasteiger charge is 2.35. The molecule has 7 heteroatoms. The van der Waals surface area contributed by atoms with Crippen LogP contribution in [0.3, 0.4) is 0 Å². The van der Waals surface area contributed by atoms with Gasteiger partial charge in [0.25, 0.3) is 0 Å². The lowest BCUT2D eigenvalue weighted by Gasteiger charge is -2.45. The first-order chi connectivity index (χ1) is 16.6. The largest absolute Gasteiger partial charge is 0.491 e. The highest BCUT2D eigenvalue weighted by Crippen LogP contribution is 2.37. The number of amides is 2. The highest BCUT2D eigenvalue weighted by molar-refractivity contribution is 5.92. The third-order valence-corrected chi connectivity index (χ3v) is 8.51.